The molecule has 1 atom stereocenters. The summed E-state index contributed by atoms with van der Waals surface area (Å²) in [4.78, 5) is 23.4. The number of rotatable bonds is 2. The van der Waals surface area contributed by atoms with E-state index in [-0.39, 0.29) is 11.3 Å². The molecule has 120 valence electrons. The van der Waals surface area contributed by atoms with Crippen molar-refractivity contribution in [2.24, 2.45) is 0 Å². The largest absolute Gasteiger partial charge is 0.322 e. The number of fused-ring (bicyclic) bond motifs is 1. The first-order valence-corrected chi connectivity index (χ1v) is 9.04. The predicted octanol–water partition coefficient (Wildman–Crippen LogP) is 4.17. The van der Waals surface area contributed by atoms with Crippen molar-refractivity contribution in [3.63, 3.8) is 0 Å². The van der Waals surface area contributed by atoms with Crippen LogP contribution in [0.25, 0.3) is 11.0 Å². The SMILES string of the molecule is O=C(c1ccc2nccnc2c1)N1CCSC1c1cccc(Cl)c1. The van der Waals surface area contributed by atoms with Crippen molar-refractivity contribution in [1.82, 2.24) is 14.9 Å². The van der Waals surface area contributed by atoms with E-state index in [0.29, 0.717) is 10.6 Å². The third-order valence-electron chi connectivity index (χ3n) is 4.00. The van der Waals surface area contributed by atoms with E-state index in [4.69, 9.17) is 11.6 Å². The highest BCUT2D eigenvalue weighted by Gasteiger charge is 2.31. The average Bonchev–Trinajstić information content (AvgIpc) is 3.10. The minimum absolute atomic E-state index is 0.00578. The zero-order valence-corrected chi connectivity index (χ0v) is 14.3. The third kappa shape index (κ3) is 2.85. The molecule has 1 aliphatic heterocycles. The molecule has 0 N–H and O–H groups in total. The molecule has 2 heterocycles. The van der Waals surface area contributed by atoms with Gasteiger partial charge in [0, 0.05) is 35.3 Å². The molecule has 0 bridgehead atoms. The van der Waals surface area contributed by atoms with Crippen LogP contribution in [-0.2, 0) is 0 Å². The molecular formula is C18H14ClN3OS. The van der Waals surface area contributed by atoms with Crippen molar-refractivity contribution in [2.45, 2.75) is 5.37 Å². The minimum atomic E-state index is -0.00578. The van der Waals surface area contributed by atoms with Gasteiger partial charge in [-0.2, -0.15) is 0 Å². The van der Waals surface area contributed by atoms with Crippen LogP contribution in [0.4, 0.5) is 0 Å². The first kappa shape index (κ1) is 15.4. The van der Waals surface area contributed by atoms with Crippen LogP contribution in [-0.4, -0.2) is 33.1 Å². The second-order valence-electron chi connectivity index (χ2n) is 5.54. The predicted molar refractivity (Wildman–Crippen MR) is 97.2 cm³/mol. The van der Waals surface area contributed by atoms with Gasteiger partial charge >= 0.3 is 0 Å². The van der Waals surface area contributed by atoms with E-state index in [2.05, 4.69) is 9.97 Å². The van der Waals surface area contributed by atoms with E-state index in [0.717, 1.165) is 28.9 Å². The molecule has 1 aliphatic rings. The summed E-state index contributed by atoms with van der Waals surface area (Å²) in [5, 5.41) is 0.683. The fourth-order valence-corrected chi connectivity index (χ4v) is 4.32. The zero-order chi connectivity index (χ0) is 16.5. The van der Waals surface area contributed by atoms with Crippen LogP contribution in [0.5, 0.6) is 0 Å². The number of hydrogen-bond donors (Lipinski definition) is 0. The molecule has 2 aromatic carbocycles. The maximum atomic E-state index is 13.0. The van der Waals surface area contributed by atoms with E-state index < -0.39 is 0 Å². The lowest BCUT2D eigenvalue weighted by Crippen LogP contribution is -2.30. The van der Waals surface area contributed by atoms with Gasteiger partial charge in [-0.15, -0.1) is 11.8 Å². The molecule has 1 aromatic heterocycles. The lowest BCUT2D eigenvalue weighted by Gasteiger charge is -2.24. The third-order valence-corrected chi connectivity index (χ3v) is 5.50. The number of benzene rings is 2. The van der Waals surface area contributed by atoms with Crippen molar-refractivity contribution in [1.29, 1.82) is 0 Å². The van der Waals surface area contributed by atoms with Gasteiger partial charge in [0.2, 0.25) is 0 Å². The fourth-order valence-electron chi connectivity index (χ4n) is 2.88. The second-order valence-corrected chi connectivity index (χ2v) is 7.16. The molecule has 0 spiro atoms. The summed E-state index contributed by atoms with van der Waals surface area (Å²) in [6.07, 6.45) is 3.28. The number of carbonyl (C=O) groups is 1. The Morgan fingerprint density at radius 3 is 2.79 bits per heavy atom. The smallest absolute Gasteiger partial charge is 0.255 e. The lowest BCUT2D eigenvalue weighted by atomic mass is 10.1. The van der Waals surface area contributed by atoms with E-state index in [1.165, 1.54) is 0 Å². The number of aromatic nitrogens is 2. The summed E-state index contributed by atoms with van der Waals surface area (Å²) in [6.45, 7) is 0.721. The van der Waals surface area contributed by atoms with Crippen molar-refractivity contribution < 1.29 is 4.79 Å². The summed E-state index contributed by atoms with van der Waals surface area (Å²) in [7, 11) is 0. The molecule has 1 fully saturated rings. The van der Waals surface area contributed by atoms with Gasteiger partial charge in [-0.3, -0.25) is 14.8 Å². The van der Waals surface area contributed by atoms with Crippen molar-refractivity contribution in [3.8, 4) is 0 Å². The number of amides is 1. The zero-order valence-electron chi connectivity index (χ0n) is 12.7. The Morgan fingerprint density at radius 1 is 1.12 bits per heavy atom. The van der Waals surface area contributed by atoms with Crippen LogP contribution in [0.1, 0.15) is 21.3 Å². The first-order chi connectivity index (χ1) is 11.7. The van der Waals surface area contributed by atoms with Gasteiger partial charge in [0.25, 0.3) is 5.91 Å². The first-order valence-electron chi connectivity index (χ1n) is 7.61. The Balaban J connectivity index is 1.66. The molecule has 0 radical (unpaired) electrons. The van der Waals surface area contributed by atoms with Crippen molar-refractivity contribution >= 4 is 40.3 Å². The van der Waals surface area contributed by atoms with E-state index >= 15 is 0 Å². The van der Waals surface area contributed by atoms with E-state index in [1.54, 1.807) is 24.2 Å². The summed E-state index contributed by atoms with van der Waals surface area (Å²) in [5.74, 6) is 0.925. The number of thioether (sulfide) groups is 1. The number of hydrogen-bond acceptors (Lipinski definition) is 4. The fraction of sp³-hybridized carbons (Fsp3) is 0.167. The number of nitrogens with zero attached hydrogens (tertiary/aromatic N) is 3. The molecular weight excluding hydrogens is 342 g/mol. The highest BCUT2D eigenvalue weighted by Crippen LogP contribution is 2.39. The molecule has 6 heteroatoms. The normalized spacial score (nSPS) is 17.4. The van der Waals surface area contributed by atoms with Gasteiger partial charge in [0.05, 0.1) is 11.0 Å². The van der Waals surface area contributed by atoms with E-state index in [1.807, 2.05) is 47.4 Å². The molecule has 1 amide bonds. The van der Waals surface area contributed by atoms with Crippen LogP contribution in [0.3, 0.4) is 0 Å². The summed E-state index contributed by atoms with van der Waals surface area (Å²) in [6, 6.07) is 13.2. The molecule has 1 saturated heterocycles. The van der Waals surface area contributed by atoms with Crippen molar-refractivity contribution in [3.05, 3.63) is 71.0 Å². The number of halogens is 1. The maximum absolute atomic E-state index is 13.0. The Morgan fingerprint density at radius 2 is 1.96 bits per heavy atom. The van der Waals surface area contributed by atoms with Crippen LogP contribution < -0.4 is 0 Å². The van der Waals surface area contributed by atoms with E-state index in [9.17, 15) is 4.79 Å². The second kappa shape index (κ2) is 6.42. The van der Waals surface area contributed by atoms with Crippen LogP contribution in [0, 0.1) is 0 Å². The molecule has 1 unspecified atom stereocenters. The Hall–Kier alpha value is -2.11. The van der Waals surface area contributed by atoms with Crippen LogP contribution in [0.15, 0.2) is 54.9 Å². The molecule has 3 aromatic rings. The molecule has 0 saturated carbocycles. The van der Waals surface area contributed by atoms with Crippen molar-refractivity contribution in [2.75, 3.05) is 12.3 Å². The summed E-state index contributed by atoms with van der Waals surface area (Å²) in [5.41, 5.74) is 3.21. The standard InChI is InChI=1S/C18H14ClN3OS/c19-14-3-1-2-13(10-14)18-22(8-9-24-18)17(23)12-4-5-15-16(11-12)21-7-6-20-15/h1-7,10-11,18H,8-9H2. The monoisotopic (exact) mass is 355 g/mol. The molecule has 24 heavy (non-hydrogen) atoms. The van der Waals surface area contributed by atoms with Gasteiger partial charge in [0.1, 0.15) is 5.37 Å². The molecule has 4 rings (SSSR count). The summed E-state index contributed by atoms with van der Waals surface area (Å²) < 4.78 is 0. The minimum Gasteiger partial charge on any atom is -0.322 e. The highest BCUT2D eigenvalue weighted by molar-refractivity contribution is 7.99. The van der Waals surface area contributed by atoms with Gasteiger partial charge < -0.3 is 4.90 Å². The van der Waals surface area contributed by atoms with Gasteiger partial charge in [-0.05, 0) is 35.9 Å². The topological polar surface area (TPSA) is 46.1 Å². The average molecular weight is 356 g/mol. The Labute approximate surface area is 148 Å². The van der Waals surface area contributed by atoms with Gasteiger partial charge in [-0.25, -0.2) is 0 Å². The van der Waals surface area contributed by atoms with Crippen LogP contribution in [0.2, 0.25) is 5.02 Å². The quantitative estimate of drug-likeness (QED) is 0.692. The lowest BCUT2D eigenvalue weighted by molar-refractivity contribution is 0.0760. The molecule has 0 aliphatic carbocycles. The van der Waals surface area contributed by atoms with Gasteiger partial charge in [0.15, 0.2) is 0 Å². The number of carbonyl (C=O) groups excluding carboxylic acids is 1. The Kier molecular flexibility index (Phi) is 4.12. The van der Waals surface area contributed by atoms with Crippen LogP contribution >= 0.6 is 23.4 Å². The Bertz CT molecular complexity index is 917. The highest BCUT2D eigenvalue weighted by atomic mass is 35.5. The maximum Gasteiger partial charge on any atom is 0.255 e. The molecule has 4 nitrogen and oxygen atoms in total. The summed E-state index contributed by atoms with van der Waals surface area (Å²) >= 11 is 7.86. The van der Waals surface area contributed by atoms with Gasteiger partial charge in [-0.1, -0.05) is 23.7 Å².